The van der Waals surface area contributed by atoms with E-state index in [1.165, 1.54) is 0 Å². The molecule has 7 nitrogen and oxygen atoms in total. The first kappa shape index (κ1) is 19.9. The highest BCUT2D eigenvalue weighted by Crippen LogP contribution is 2.03. The van der Waals surface area contributed by atoms with Gasteiger partial charge in [-0.2, -0.15) is 0 Å². The van der Waals surface area contributed by atoms with Crippen molar-refractivity contribution in [1.82, 2.24) is 4.72 Å². The zero-order chi connectivity index (χ0) is 18.0. The Morgan fingerprint density at radius 1 is 1.12 bits per heavy atom. The number of esters is 2. The van der Waals surface area contributed by atoms with E-state index >= 15 is 0 Å². The SMILES string of the molecule is CC(C)OC(=O)/C=C/C(=O)OCCNS(=O)(=O)Cc1ccccc1. The van der Waals surface area contributed by atoms with Crippen LogP contribution in [0.4, 0.5) is 0 Å². The lowest BCUT2D eigenvalue weighted by atomic mass is 10.2. The Morgan fingerprint density at radius 3 is 2.38 bits per heavy atom. The third-order valence-corrected chi connectivity index (χ3v) is 3.93. The largest absolute Gasteiger partial charge is 0.461 e. The number of rotatable bonds is 9. The van der Waals surface area contributed by atoms with E-state index in [4.69, 9.17) is 9.47 Å². The third kappa shape index (κ3) is 9.06. The zero-order valence-corrected chi connectivity index (χ0v) is 14.4. The standard InChI is InChI=1S/C16H21NO6S/c1-13(2)23-16(19)9-8-15(18)22-11-10-17-24(20,21)12-14-6-4-3-5-7-14/h3-9,13,17H,10-12H2,1-2H3/b9-8+. The molecule has 132 valence electrons. The van der Waals surface area contributed by atoms with E-state index in [9.17, 15) is 18.0 Å². The highest BCUT2D eigenvalue weighted by atomic mass is 32.2. The molecular formula is C16H21NO6S. The lowest BCUT2D eigenvalue weighted by Crippen LogP contribution is -2.29. The Morgan fingerprint density at radius 2 is 1.75 bits per heavy atom. The summed E-state index contributed by atoms with van der Waals surface area (Å²) in [7, 11) is -3.51. The minimum absolute atomic E-state index is 0.0504. The molecule has 0 aliphatic heterocycles. The number of ether oxygens (including phenoxy) is 2. The molecule has 0 heterocycles. The fourth-order valence-corrected chi connectivity index (χ4v) is 2.78. The Bertz CT molecular complexity index is 667. The van der Waals surface area contributed by atoms with Crippen molar-refractivity contribution in [3.05, 3.63) is 48.0 Å². The quantitative estimate of drug-likeness (QED) is 0.405. The average Bonchev–Trinajstić information content (AvgIpc) is 2.49. The van der Waals surface area contributed by atoms with Crippen LogP contribution in [-0.4, -0.2) is 39.6 Å². The van der Waals surface area contributed by atoms with Gasteiger partial charge < -0.3 is 9.47 Å². The highest BCUT2D eigenvalue weighted by Gasteiger charge is 2.11. The van der Waals surface area contributed by atoms with Crippen molar-refractivity contribution in [2.45, 2.75) is 25.7 Å². The number of carbonyl (C=O) groups is 2. The van der Waals surface area contributed by atoms with Gasteiger partial charge in [-0.3, -0.25) is 0 Å². The molecule has 0 spiro atoms. The van der Waals surface area contributed by atoms with Gasteiger partial charge in [0.15, 0.2) is 0 Å². The molecule has 0 radical (unpaired) electrons. The fraction of sp³-hybridized carbons (Fsp3) is 0.375. The van der Waals surface area contributed by atoms with E-state index in [-0.39, 0.29) is 25.0 Å². The van der Waals surface area contributed by atoms with Crippen LogP contribution in [0.3, 0.4) is 0 Å². The van der Waals surface area contributed by atoms with Crippen LogP contribution in [0, 0.1) is 0 Å². The van der Waals surface area contributed by atoms with Crippen LogP contribution in [0.15, 0.2) is 42.5 Å². The molecule has 0 saturated heterocycles. The Labute approximate surface area is 141 Å². The summed E-state index contributed by atoms with van der Waals surface area (Å²) < 4.78 is 35.6. The van der Waals surface area contributed by atoms with Crippen LogP contribution in [-0.2, 0) is 34.8 Å². The summed E-state index contributed by atoms with van der Waals surface area (Å²) in [5.74, 6) is -1.55. The van der Waals surface area contributed by atoms with E-state index in [2.05, 4.69) is 4.72 Å². The molecular weight excluding hydrogens is 334 g/mol. The van der Waals surface area contributed by atoms with Crippen molar-refractivity contribution >= 4 is 22.0 Å². The zero-order valence-electron chi connectivity index (χ0n) is 13.6. The van der Waals surface area contributed by atoms with Gasteiger partial charge >= 0.3 is 11.9 Å². The van der Waals surface area contributed by atoms with Crippen molar-refractivity contribution in [1.29, 1.82) is 0 Å². The first-order valence-corrected chi connectivity index (χ1v) is 9.00. The summed E-state index contributed by atoms with van der Waals surface area (Å²) >= 11 is 0. The summed E-state index contributed by atoms with van der Waals surface area (Å²) in [5, 5.41) is 0. The summed E-state index contributed by atoms with van der Waals surface area (Å²) in [5.41, 5.74) is 0.661. The second-order valence-corrected chi connectivity index (χ2v) is 6.93. The van der Waals surface area contributed by atoms with Gasteiger partial charge in [0.2, 0.25) is 10.0 Å². The van der Waals surface area contributed by atoms with Gasteiger partial charge in [0, 0.05) is 18.7 Å². The summed E-state index contributed by atoms with van der Waals surface area (Å²) in [4.78, 5) is 22.5. The van der Waals surface area contributed by atoms with Gasteiger partial charge in [0.25, 0.3) is 0 Å². The summed E-state index contributed by atoms with van der Waals surface area (Å²) in [6.45, 7) is 3.18. The minimum Gasteiger partial charge on any atom is -0.461 e. The summed E-state index contributed by atoms with van der Waals surface area (Å²) in [6, 6.07) is 8.72. The molecule has 1 N–H and O–H groups in total. The predicted molar refractivity (Wildman–Crippen MR) is 88.4 cm³/mol. The second kappa shape index (κ2) is 9.84. The smallest absolute Gasteiger partial charge is 0.331 e. The maximum atomic E-state index is 11.8. The van der Waals surface area contributed by atoms with E-state index < -0.39 is 22.0 Å². The van der Waals surface area contributed by atoms with Crippen LogP contribution >= 0.6 is 0 Å². The molecule has 0 fully saturated rings. The maximum Gasteiger partial charge on any atom is 0.331 e. The van der Waals surface area contributed by atoms with Gasteiger partial charge in [0.05, 0.1) is 11.9 Å². The Hall–Kier alpha value is -2.19. The van der Waals surface area contributed by atoms with Crippen molar-refractivity contribution in [2.75, 3.05) is 13.2 Å². The normalized spacial score (nSPS) is 11.6. The van der Waals surface area contributed by atoms with Crippen molar-refractivity contribution in [2.24, 2.45) is 0 Å². The van der Waals surface area contributed by atoms with E-state index in [0.29, 0.717) is 5.56 Å². The highest BCUT2D eigenvalue weighted by molar-refractivity contribution is 7.88. The molecule has 0 amide bonds. The van der Waals surface area contributed by atoms with E-state index in [0.717, 1.165) is 12.2 Å². The van der Waals surface area contributed by atoms with Crippen LogP contribution in [0.5, 0.6) is 0 Å². The average molecular weight is 355 g/mol. The number of nitrogens with one attached hydrogen (secondary N) is 1. The molecule has 0 aromatic heterocycles. The third-order valence-electron chi connectivity index (χ3n) is 2.58. The predicted octanol–water partition coefficient (Wildman–Crippen LogP) is 1.16. The van der Waals surface area contributed by atoms with E-state index in [1.54, 1.807) is 44.2 Å². The maximum absolute atomic E-state index is 11.8. The molecule has 0 saturated carbocycles. The van der Waals surface area contributed by atoms with Crippen LogP contribution in [0.25, 0.3) is 0 Å². The monoisotopic (exact) mass is 355 g/mol. The Balaban J connectivity index is 2.28. The molecule has 8 heteroatoms. The molecule has 24 heavy (non-hydrogen) atoms. The van der Waals surface area contributed by atoms with Gasteiger partial charge in [-0.15, -0.1) is 0 Å². The lowest BCUT2D eigenvalue weighted by molar-refractivity contribution is -0.142. The topological polar surface area (TPSA) is 98.8 Å². The second-order valence-electron chi connectivity index (χ2n) is 5.13. The fourth-order valence-electron chi connectivity index (χ4n) is 1.65. The molecule has 0 bridgehead atoms. The molecule has 1 aromatic rings. The molecule has 0 unspecified atom stereocenters. The molecule has 0 aliphatic carbocycles. The van der Waals surface area contributed by atoms with Gasteiger partial charge in [-0.05, 0) is 19.4 Å². The van der Waals surface area contributed by atoms with Crippen LogP contribution in [0.1, 0.15) is 19.4 Å². The molecule has 1 rings (SSSR count). The first-order chi connectivity index (χ1) is 11.3. The first-order valence-electron chi connectivity index (χ1n) is 7.35. The Kier molecular flexibility index (Phi) is 8.14. The number of benzene rings is 1. The number of hydrogen-bond acceptors (Lipinski definition) is 6. The molecule has 0 aliphatic rings. The van der Waals surface area contributed by atoms with Gasteiger partial charge in [-0.1, -0.05) is 30.3 Å². The van der Waals surface area contributed by atoms with Crippen LogP contribution in [0.2, 0.25) is 0 Å². The minimum atomic E-state index is -3.51. The van der Waals surface area contributed by atoms with Gasteiger partial charge in [-0.25, -0.2) is 22.7 Å². The van der Waals surface area contributed by atoms with Crippen molar-refractivity contribution in [3.8, 4) is 0 Å². The number of hydrogen-bond donors (Lipinski definition) is 1. The van der Waals surface area contributed by atoms with Crippen molar-refractivity contribution < 1.29 is 27.5 Å². The molecule has 1 aromatic carbocycles. The molecule has 0 atom stereocenters. The van der Waals surface area contributed by atoms with Crippen LogP contribution < -0.4 is 4.72 Å². The van der Waals surface area contributed by atoms with E-state index in [1.807, 2.05) is 0 Å². The lowest BCUT2D eigenvalue weighted by Gasteiger charge is -2.07. The summed E-state index contributed by atoms with van der Waals surface area (Å²) in [6.07, 6.45) is 1.61. The van der Waals surface area contributed by atoms with Crippen molar-refractivity contribution in [3.63, 3.8) is 0 Å². The van der Waals surface area contributed by atoms with Gasteiger partial charge in [0.1, 0.15) is 6.61 Å². The number of sulfonamides is 1. The number of carbonyl (C=O) groups excluding carboxylic acids is 2.